The molecule has 4 atom stereocenters. The van der Waals surface area contributed by atoms with Crippen molar-refractivity contribution in [2.24, 2.45) is 11.7 Å². The van der Waals surface area contributed by atoms with Gasteiger partial charge in [0.1, 0.15) is 18.1 Å². The lowest BCUT2D eigenvalue weighted by atomic mass is 10.0. The van der Waals surface area contributed by atoms with Crippen LogP contribution in [0.25, 0.3) is 0 Å². The van der Waals surface area contributed by atoms with Gasteiger partial charge in [0.05, 0.1) is 12.5 Å². The molecule has 12 heteroatoms. The SMILES string of the molecule is CC(C)CC(NC(=O)C(CC(=O)O)NC(=O)C(CS)NC(=O)C(N)Cc1ccccc1)C(=O)O. The maximum atomic E-state index is 12.7. The summed E-state index contributed by atoms with van der Waals surface area (Å²) in [7, 11) is 0. The van der Waals surface area contributed by atoms with Gasteiger partial charge in [0.15, 0.2) is 0 Å². The zero-order chi connectivity index (χ0) is 25.8. The lowest BCUT2D eigenvalue weighted by Crippen LogP contribution is -2.58. The van der Waals surface area contributed by atoms with Crippen LogP contribution in [0.3, 0.4) is 0 Å². The average Bonchev–Trinajstić information content (AvgIpc) is 2.76. The first-order chi connectivity index (χ1) is 15.9. The van der Waals surface area contributed by atoms with Gasteiger partial charge >= 0.3 is 11.9 Å². The van der Waals surface area contributed by atoms with Gasteiger partial charge in [0.25, 0.3) is 0 Å². The molecule has 0 heterocycles. The largest absolute Gasteiger partial charge is 0.481 e. The Balaban J connectivity index is 2.84. The van der Waals surface area contributed by atoms with E-state index in [1.165, 1.54) is 0 Å². The third kappa shape index (κ3) is 10.2. The minimum atomic E-state index is -1.56. The normalized spacial score (nSPS) is 14.4. The number of aliphatic carboxylic acids is 2. The van der Waals surface area contributed by atoms with Crippen molar-refractivity contribution in [1.29, 1.82) is 0 Å². The highest BCUT2D eigenvalue weighted by Gasteiger charge is 2.31. The standard InChI is InChI=1S/C22H32N4O7S/c1-12(2)8-16(22(32)33)25-20(30)15(10-18(27)28)24-21(31)17(11-34)26-19(29)14(23)9-13-6-4-3-5-7-13/h3-7,12,14-17,34H,8-11,23H2,1-2H3,(H,24,31)(H,25,30)(H,26,29)(H,27,28)(H,32,33). The second-order valence-corrected chi connectivity index (χ2v) is 8.59. The molecular weight excluding hydrogens is 464 g/mol. The van der Waals surface area contributed by atoms with Crippen LogP contribution in [-0.4, -0.2) is 69.8 Å². The van der Waals surface area contributed by atoms with Crippen LogP contribution >= 0.6 is 12.6 Å². The number of nitrogens with two attached hydrogens (primary N) is 1. The predicted molar refractivity (Wildman–Crippen MR) is 127 cm³/mol. The zero-order valence-electron chi connectivity index (χ0n) is 19.1. The number of carboxylic acids is 2. The number of nitrogens with one attached hydrogen (secondary N) is 3. The zero-order valence-corrected chi connectivity index (χ0v) is 20.0. The van der Waals surface area contributed by atoms with Crippen LogP contribution in [0.4, 0.5) is 0 Å². The van der Waals surface area contributed by atoms with Crippen molar-refractivity contribution >= 4 is 42.3 Å². The minimum absolute atomic E-state index is 0.0576. The summed E-state index contributed by atoms with van der Waals surface area (Å²) in [6, 6.07) is 4.05. The number of carbonyl (C=O) groups is 5. The number of hydrogen-bond donors (Lipinski definition) is 7. The van der Waals surface area contributed by atoms with E-state index in [1.807, 2.05) is 6.07 Å². The van der Waals surface area contributed by atoms with Crippen molar-refractivity contribution in [3.8, 4) is 0 Å². The molecule has 7 N–H and O–H groups in total. The van der Waals surface area contributed by atoms with E-state index in [2.05, 4.69) is 28.6 Å². The lowest BCUT2D eigenvalue weighted by Gasteiger charge is -2.24. The van der Waals surface area contributed by atoms with E-state index < -0.39 is 60.2 Å². The monoisotopic (exact) mass is 496 g/mol. The van der Waals surface area contributed by atoms with E-state index in [4.69, 9.17) is 10.8 Å². The molecule has 0 radical (unpaired) electrons. The van der Waals surface area contributed by atoms with E-state index in [0.717, 1.165) is 5.56 Å². The van der Waals surface area contributed by atoms with Crippen molar-refractivity contribution < 1.29 is 34.2 Å². The summed E-state index contributed by atoms with van der Waals surface area (Å²) < 4.78 is 0. The fourth-order valence-corrected chi connectivity index (χ4v) is 3.31. The molecule has 4 unspecified atom stereocenters. The van der Waals surface area contributed by atoms with Crippen molar-refractivity contribution in [1.82, 2.24) is 16.0 Å². The molecule has 1 aromatic rings. The van der Waals surface area contributed by atoms with Gasteiger partial charge in [-0.3, -0.25) is 19.2 Å². The molecule has 11 nitrogen and oxygen atoms in total. The van der Waals surface area contributed by atoms with Crippen LogP contribution in [0.5, 0.6) is 0 Å². The Bertz CT molecular complexity index is 866. The van der Waals surface area contributed by atoms with Gasteiger partial charge in [0, 0.05) is 5.75 Å². The van der Waals surface area contributed by atoms with E-state index in [9.17, 15) is 29.1 Å². The smallest absolute Gasteiger partial charge is 0.326 e. The molecule has 0 aliphatic carbocycles. The molecule has 188 valence electrons. The van der Waals surface area contributed by atoms with E-state index in [0.29, 0.717) is 0 Å². The van der Waals surface area contributed by atoms with E-state index in [1.54, 1.807) is 38.1 Å². The van der Waals surface area contributed by atoms with Gasteiger partial charge in [0.2, 0.25) is 17.7 Å². The number of rotatable bonds is 14. The van der Waals surface area contributed by atoms with Crippen LogP contribution in [0.15, 0.2) is 30.3 Å². The first kappa shape index (κ1) is 28.9. The Morgan fingerprint density at radius 1 is 0.882 bits per heavy atom. The van der Waals surface area contributed by atoms with Crippen LogP contribution in [-0.2, 0) is 30.4 Å². The number of hydrogen-bond acceptors (Lipinski definition) is 7. The maximum Gasteiger partial charge on any atom is 0.326 e. The molecule has 0 spiro atoms. The summed E-state index contributed by atoms with van der Waals surface area (Å²) in [5.41, 5.74) is 6.75. The summed E-state index contributed by atoms with van der Waals surface area (Å²) in [5.74, 6) is -5.32. The first-order valence-corrected chi connectivity index (χ1v) is 11.3. The summed E-state index contributed by atoms with van der Waals surface area (Å²) in [6.07, 6.45) is -0.445. The summed E-state index contributed by atoms with van der Waals surface area (Å²) in [5, 5.41) is 25.4. The first-order valence-electron chi connectivity index (χ1n) is 10.7. The van der Waals surface area contributed by atoms with Crippen LogP contribution in [0, 0.1) is 5.92 Å². The fourth-order valence-electron chi connectivity index (χ4n) is 3.05. The number of carboxylic acid groups (broad SMARTS) is 2. The Morgan fingerprint density at radius 2 is 1.41 bits per heavy atom. The third-order valence-electron chi connectivity index (χ3n) is 4.78. The highest BCUT2D eigenvalue weighted by molar-refractivity contribution is 7.80. The predicted octanol–water partition coefficient (Wildman–Crippen LogP) is -0.454. The molecule has 0 saturated heterocycles. The molecule has 3 amide bonds. The molecule has 0 bridgehead atoms. The van der Waals surface area contributed by atoms with Crippen LogP contribution in [0.1, 0.15) is 32.3 Å². The maximum absolute atomic E-state index is 12.7. The number of thiol groups is 1. The Labute approximate surface area is 203 Å². The molecule has 0 aliphatic rings. The fraction of sp³-hybridized carbons (Fsp3) is 0.500. The quantitative estimate of drug-likeness (QED) is 0.169. The number of benzene rings is 1. The van der Waals surface area contributed by atoms with Crippen molar-refractivity contribution in [3.63, 3.8) is 0 Å². The van der Waals surface area contributed by atoms with Crippen LogP contribution < -0.4 is 21.7 Å². The molecule has 1 aromatic carbocycles. The summed E-state index contributed by atoms with van der Waals surface area (Å²) >= 11 is 4.05. The van der Waals surface area contributed by atoms with Crippen LogP contribution in [0.2, 0.25) is 0 Å². The second kappa shape index (κ2) is 14.2. The van der Waals surface area contributed by atoms with Crippen molar-refractivity contribution in [2.75, 3.05) is 5.75 Å². The van der Waals surface area contributed by atoms with Gasteiger partial charge in [-0.1, -0.05) is 44.2 Å². The minimum Gasteiger partial charge on any atom is -0.481 e. The Kier molecular flexibility index (Phi) is 12.1. The number of carbonyl (C=O) groups excluding carboxylic acids is 3. The molecule has 0 fully saturated rings. The molecule has 1 rings (SSSR count). The van der Waals surface area contributed by atoms with Gasteiger partial charge in [-0.25, -0.2) is 4.79 Å². The summed E-state index contributed by atoms with van der Waals surface area (Å²) in [6.45, 7) is 3.53. The summed E-state index contributed by atoms with van der Waals surface area (Å²) in [4.78, 5) is 60.4. The molecule has 0 aromatic heterocycles. The van der Waals surface area contributed by atoms with E-state index in [-0.39, 0.29) is 24.5 Å². The van der Waals surface area contributed by atoms with Gasteiger partial charge < -0.3 is 31.9 Å². The van der Waals surface area contributed by atoms with Crippen molar-refractivity contribution in [2.45, 2.75) is 57.3 Å². The van der Waals surface area contributed by atoms with Gasteiger partial charge in [-0.05, 0) is 24.3 Å². The van der Waals surface area contributed by atoms with E-state index >= 15 is 0 Å². The Hall–Kier alpha value is -3.12. The van der Waals surface area contributed by atoms with Gasteiger partial charge in [-0.2, -0.15) is 12.6 Å². The third-order valence-corrected chi connectivity index (χ3v) is 5.15. The lowest BCUT2D eigenvalue weighted by molar-refractivity contribution is -0.144. The topological polar surface area (TPSA) is 188 Å². The number of amides is 3. The average molecular weight is 497 g/mol. The highest BCUT2D eigenvalue weighted by Crippen LogP contribution is 2.07. The molecule has 0 saturated carbocycles. The van der Waals surface area contributed by atoms with Gasteiger partial charge in [-0.15, -0.1) is 0 Å². The van der Waals surface area contributed by atoms with Crippen molar-refractivity contribution in [3.05, 3.63) is 35.9 Å². The Morgan fingerprint density at radius 3 is 1.91 bits per heavy atom. The second-order valence-electron chi connectivity index (χ2n) is 8.23. The highest BCUT2D eigenvalue weighted by atomic mass is 32.1. The molecule has 34 heavy (non-hydrogen) atoms. The molecular formula is C22H32N4O7S. The molecule has 0 aliphatic heterocycles.